The lowest BCUT2D eigenvalue weighted by atomic mass is 10.2. The normalized spacial score (nSPS) is 10.6. The van der Waals surface area contributed by atoms with Crippen LogP contribution in [0.1, 0.15) is 11.3 Å². The quantitative estimate of drug-likeness (QED) is 0.520. The third-order valence-electron chi connectivity index (χ3n) is 1.38. The van der Waals surface area contributed by atoms with Gasteiger partial charge < -0.3 is 0 Å². The molecule has 0 saturated carbocycles. The van der Waals surface area contributed by atoms with Crippen LogP contribution in [0.15, 0.2) is 18.3 Å². The zero-order valence-electron chi connectivity index (χ0n) is 6.97. The molecule has 0 aliphatic heterocycles. The van der Waals surface area contributed by atoms with E-state index >= 15 is 0 Å². The largest absolute Gasteiger partial charge is 0.434 e. The standard InChI is InChI=1S/C9H6F3NS/c10-9(11,12)8-7(4-2-6-14)3-1-5-13-8/h1,3,5,14H,6H2. The van der Waals surface area contributed by atoms with Crippen LogP contribution < -0.4 is 0 Å². The maximum absolute atomic E-state index is 12.3. The summed E-state index contributed by atoms with van der Waals surface area (Å²) in [6.45, 7) is 0. The first-order valence-electron chi connectivity index (χ1n) is 3.67. The third-order valence-corrected chi connectivity index (χ3v) is 1.54. The van der Waals surface area contributed by atoms with E-state index in [1.165, 1.54) is 12.1 Å². The smallest absolute Gasteiger partial charge is 0.251 e. The molecule has 0 saturated heterocycles. The van der Waals surface area contributed by atoms with E-state index in [9.17, 15) is 13.2 Å². The minimum absolute atomic E-state index is 0.117. The maximum atomic E-state index is 12.3. The van der Waals surface area contributed by atoms with Crippen LogP contribution in [0.4, 0.5) is 13.2 Å². The highest BCUT2D eigenvalue weighted by atomic mass is 32.1. The van der Waals surface area contributed by atoms with Gasteiger partial charge in [0.25, 0.3) is 0 Å². The number of nitrogens with zero attached hydrogens (tertiary/aromatic N) is 1. The molecule has 74 valence electrons. The average Bonchev–Trinajstić information content (AvgIpc) is 2.14. The van der Waals surface area contributed by atoms with Crippen LogP contribution in [-0.4, -0.2) is 10.7 Å². The fourth-order valence-corrected chi connectivity index (χ4v) is 0.946. The molecule has 0 bridgehead atoms. The van der Waals surface area contributed by atoms with E-state index in [0.29, 0.717) is 0 Å². The van der Waals surface area contributed by atoms with Gasteiger partial charge in [-0.3, -0.25) is 4.98 Å². The van der Waals surface area contributed by atoms with Gasteiger partial charge >= 0.3 is 6.18 Å². The van der Waals surface area contributed by atoms with Crippen molar-refractivity contribution in [3.8, 4) is 11.8 Å². The predicted molar refractivity (Wildman–Crippen MR) is 50.0 cm³/mol. The second-order valence-electron chi connectivity index (χ2n) is 2.36. The Morgan fingerprint density at radius 3 is 2.71 bits per heavy atom. The zero-order chi connectivity index (χ0) is 10.6. The number of thiol groups is 1. The van der Waals surface area contributed by atoms with Crippen molar-refractivity contribution in [2.24, 2.45) is 0 Å². The number of halogens is 3. The Hall–Kier alpha value is -1.15. The topological polar surface area (TPSA) is 12.9 Å². The van der Waals surface area contributed by atoms with Gasteiger partial charge in [0.05, 0.1) is 11.3 Å². The van der Waals surface area contributed by atoms with Crippen molar-refractivity contribution < 1.29 is 13.2 Å². The molecule has 1 nitrogen and oxygen atoms in total. The Labute approximate surface area is 84.8 Å². The summed E-state index contributed by atoms with van der Waals surface area (Å²) >= 11 is 3.78. The summed E-state index contributed by atoms with van der Waals surface area (Å²) in [6.07, 6.45) is -3.36. The van der Waals surface area contributed by atoms with Crippen LogP contribution in [0.5, 0.6) is 0 Å². The summed E-state index contributed by atoms with van der Waals surface area (Å²) in [4.78, 5) is 3.25. The van der Waals surface area contributed by atoms with Gasteiger partial charge in [-0.2, -0.15) is 25.8 Å². The number of pyridine rings is 1. The van der Waals surface area contributed by atoms with E-state index in [2.05, 4.69) is 29.5 Å². The lowest BCUT2D eigenvalue weighted by molar-refractivity contribution is -0.141. The van der Waals surface area contributed by atoms with Gasteiger partial charge in [-0.15, -0.1) is 0 Å². The minimum atomic E-state index is -4.46. The number of hydrogen-bond acceptors (Lipinski definition) is 2. The first-order chi connectivity index (χ1) is 6.55. The van der Waals surface area contributed by atoms with Crippen molar-refractivity contribution in [1.82, 2.24) is 4.98 Å². The fourth-order valence-electron chi connectivity index (χ4n) is 0.867. The Morgan fingerprint density at radius 1 is 1.43 bits per heavy atom. The van der Waals surface area contributed by atoms with Crippen molar-refractivity contribution >= 4 is 12.6 Å². The number of aromatic nitrogens is 1. The SMILES string of the molecule is FC(F)(F)c1ncccc1C#CCS. The minimum Gasteiger partial charge on any atom is -0.251 e. The molecule has 0 atom stereocenters. The van der Waals surface area contributed by atoms with Crippen LogP contribution in [-0.2, 0) is 6.18 Å². The van der Waals surface area contributed by atoms with E-state index in [-0.39, 0.29) is 11.3 Å². The molecule has 0 aromatic carbocycles. The van der Waals surface area contributed by atoms with Crippen LogP contribution in [0.2, 0.25) is 0 Å². The average molecular weight is 217 g/mol. The second kappa shape index (κ2) is 4.38. The predicted octanol–water partition coefficient (Wildman–Crippen LogP) is 2.38. The third kappa shape index (κ3) is 2.67. The summed E-state index contributed by atoms with van der Waals surface area (Å²) in [5, 5.41) is 0. The zero-order valence-corrected chi connectivity index (χ0v) is 7.86. The van der Waals surface area contributed by atoms with Gasteiger partial charge in [-0.1, -0.05) is 11.8 Å². The van der Waals surface area contributed by atoms with Gasteiger partial charge in [0.1, 0.15) is 0 Å². The van der Waals surface area contributed by atoms with Crippen molar-refractivity contribution in [2.45, 2.75) is 6.18 Å². The first kappa shape index (κ1) is 10.9. The van der Waals surface area contributed by atoms with E-state index in [1.807, 2.05) is 0 Å². The van der Waals surface area contributed by atoms with E-state index < -0.39 is 11.9 Å². The molecule has 0 spiro atoms. The van der Waals surface area contributed by atoms with Gasteiger partial charge in [0, 0.05) is 6.20 Å². The monoisotopic (exact) mass is 217 g/mol. The molecular formula is C9H6F3NS. The Bertz CT molecular complexity index is 376. The Balaban J connectivity index is 3.16. The van der Waals surface area contributed by atoms with Crippen molar-refractivity contribution in [1.29, 1.82) is 0 Å². The van der Waals surface area contributed by atoms with E-state index in [0.717, 1.165) is 6.20 Å². The molecule has 0 aliphatic rings. The highest BCUT2D eigenvalue weighted by Crippen LogP contribution is 2.29. The van der Waals surface area contributed by atoms with Crippen molar-refractivity contribution in [2.75, 3.05) is 5.75 Å². The van der Waals surface area contributed by atoms with Gasteiger partial charge in [0.15, 0.2) is 5.69 Å². The first-order valence-corrected chi connectivity index (χ1v) is 4.31. The van der Waals surface area contributed by atoms with Crippen LogP contribution in [0.3, 0.4) is 0 Å². The summed E-state index contributed by atoms with van der Waals surface area (Å²) in [6, 6.07) is 2.70. The van der Waals surface area contributed by atoms with E-state index in [4.69, 9.17) is 0 Å². The van der Waals surface area contributed by atoms with E-state index in [1.54, 1.807) is 0 Å². The highest BCUT2D eigenvalue weighted by molar-refractivity contribution is 7.80. The fraction of sp³-hybridized carbons (Fsp3) is 0.222. The molecular weight excluding hydrogens is 211 g/mol. The molecule has 0 radical (unpaired) electrons. The summed E-state index contributed by atoms with van der Waals surface area (Å²) < 4.78 is 37.0. The number of hydrogen-bond donors (Lipinski definition) is 1. The van der Waals surface area contributed by atoms with Gasteiger partial charge in [-0.05, 0) is 12.1 Å². The Morgan fingerprint density at radius 2 is 2.14 bits per heavy atom. The lowest BCUT2D eigenvalue weighted by Crippen LogP contribution is -2.10. The van der Waals surface area contributed by atoms with Gasteiger partial charge in [0.2, 0.25) is 0 Å². The molecule has 0 aliphatic carbocycles. The molecule has 14 heavy (non-hydrogen) atoms. The second-order valence-corrected chi connectivity index (χ2v) is 2.67. The molecule has 1 rings (SSSR count). The molecule has 0 fully saturated rings. The van der Waals surface area contributed by atoms with Crippen LogP contribution >= 0.6 is 12.6 Å². The summed E-state index contributed by atoms with van der Waals surface area (Å²) in [5.74, 6) is 5.03. The molecule has 1 aromatic rings. The molecule has 0 amide bonds. The maximum Gasteiger partial charge on any atom is 0.434 e. The van der Waals surface area contributed by atoms with Crippen molar-refractivity contribution in [3.05, 3.63) is 29.6 Å². The van der Waals surface area contributed by atoms with Crippen LogP contribution in [0, 0.1) is 11.8 Å². The molecule has 1 aromatic heterocycles. The summed E-state index contributed by atoms with van der Waals surface area (Å²) in [7, 11) is 0. The van der Waals surface area contributed by atoms with Crippen LogP contribution in [0.25, 0.3) is 0 Å². The molecule has 0 unspecified atom stereocenters. The Kier molecular flexibility index (Phi) is 3.42. The van der Waals surface area contributed by atoms with Gasteiger partial charge in [-0.25, -0.2) is 0 Å². The number of rotatable bonds is 0. The number of alkyl halides is 3. The highest BCUT2D eigenvalue weighted by Gasteiger charge is 2.34. The molecule has 0 N–H and O–H groups in total. The van der Waals surface area contributed by atoms with Crippen molar-refractivity contribution in [3.63, 3.8) is 0 Å². The lowest BCUT2D eigenvalue weighted by Gasteiger charge is -2.06. The molecule has 1 heterocycles. The molecule has 5 heteroatoms. The summed E-state index contributed by atoms with van der Waals surface area (Å²) in [5.41, 5.74) is -1.07.